The summed E-state index contributed by atoms with van der Waals surface area (Å²) in [5.41, 5.74) is 7.79. The van der Waals surface area contributed by atoms with Gasteiger partial charge in [0.05, 0.1) is 24.2 Å². The van der Waals surface area contributed by atoms with Crippen molar-refractivity contribution < 1.29 is 13.9 Å². The highest BCUT2D eigenvalue weighted by molar-refractivity contribution is 5.95. The highest BCUT2D eigenvalue weighted by Crippen LogP contribution is 2.39. The Bertz CT molecular complexity index is 1050. The molecule has 0 saturated carbocycles. The molecule has 26 heavy (non-hydrogen) atoms. The smallest absolute Gasteiger partial charge is 0.212 e. The summed E-state index contributed by atoms with van der Waals surface area (Å²) in [6.45, 7) is 1.18. The lowest BCUT2D eigenvalue weighted by Gasteiger charge is -2.24. The number of rotatable bonds is 1. The molecule has 0 fully saturated rings. The largest absolute Gasteiger partial charge is 0.489 e. The SMILES string of the molecule is NC1=N[C@@H](c2ccccc2F)n2c(nc3cc4c(cc32)OCCCO4)N1. The molecule has 3 aromatic rings. The first-order chi connectivity index (χ1) is 12.7. The van der Waals surface area contributed by atoms with Gasteiger partial charge in [-0.2, -0.15) is 0 Å². The van der Waals surface area contributed by atoms with Crippen LogP contribution in [0.3, 0.4) is 0 Å². The number of hydrogen-bond acceptors (Lipinski definition) is 6. The van der Waals surface area contributed by atoms with Crippen LogP contribution in [0.15, 0.2) is 41.4 Å². The number of fused-ring (bicyclic) bond motifs is 4. The molecule has 0 amide bonds. The van der Waals surface area contributed by atoms with Crippen LogP contribution in [-0.2, 0) is 0 Å². The van der Waals surface area contributed by atoms with Gasteiger partial charge < -0.3 is 15.2 Å². The molecule has 5 rings (SSSR count). The van der Waals surface area contributed by atoms with E-state index in [0.717, 1.165) is 11.9 Å². The molecule has 0 unspecified atom stereocenters. The number of halogens is 1. The second-order valence-electron chi connectivity index (χ2n) is 6.18. The highest BCUT2D eigenvalue weighted by atomic mass is 19.1. The van der Waals surface area contributed by atoms with Gasteiger partial charge in [-0.15, -0.1) is 0 Å². The molecule has 7 nitrogen and oxygen atoms in total. The molecular weight excluding hydrogens is 337 g/mol. The van der Waals surface area contributed by atoms with E-state index < -0.39 is 6.17 Å². The zero-order chi connectivity index (χ0) is 17.7. The molecule has 0 saturated heterocycles. The average molecular weight is 353 g/mol. The summed E-state index contributed by atoms with van der Waals surface area (Å²) in [4.78, 5) is 8.98. The van der Waals surface area contributed by atoms with E-state index >= 15 is 0 Å². The molecule has 1 aromatic heterocycles. The molecule has 8 heteroatoms. The van der Waals surface area contributed by atoms with Gasteiger partial charge in [0.1, 0.15) is 5.82 Å². The van der Waals surface area contributed by atoms with E-state index in [1.807, 2.05) is 16.7 Å². The Balaban J connectivity index is 1.74. The number of nitrogens with zero attached hydrogens (tertiary/aromatic N) is 3. The molecule has 1 atom stereocenters. The number of benzene rings is 2. The summed E-state index contributed by atoms with van der Waals surface area (Å²) < 4.78 is 27.8. The molecule has 0 spiro atoms. The fraction of sp³-hybridized carbons (Fsp3) is 0.222. The third-order valence-corrected chi connectivity index (χ3v) is 4.49. The molecule has 3 heterocycles. The Kier molecular flexibility index (Phi) is 3.24. The molecule has 2 aliphatic heterocycles. The van der Waals surface area contributed by atoms with Crippen LogP contribution in [-0.4, -0.2) is 28.7 Å². The lowest BCUT2D eigenvalue weighted by atomic mass is 10.1. The maximum absolute atomic E-state index is 14.4. The normalized spacial score (nSPS) is 18.7. The van der Waals surface area contributed by atoms with E-state index in [4.69, 9.17) is 15.2 Å². The molecule has 0 bridgehead atoms. The monoisotopic (exact) mass is 353 g/mol. The van der Waals surface area contributed by atoms with Crippen molar-refractivity contribution in [3.63, 3.8) is 0 Å². The van der Waals surface area contributed by atoms with Crippen LogP contribution in [0, 0.1) is 5.82 Å². The highest BCUT2D eigenvalue weighted by Gasteiger charge is 2.28. The summed E-state index contributed by atoms with van der Waals surface area (Å²) >= 11 is 0. The molecule has 0 aliphatic carbocycles. The van der Waals surface area contributed by atoms with Crippen molar-refractivity contribution in [1.82, 2.24) is 9.55 Å². The van der Waals surface area contributed by atoms with E-state index in [1.54, 1.807) is 18.2 Å². The number of anilines is 1. The minimum atomic E-state index is -0.651. The van der Waals surface area contributed by atoms with Crippen molar-refractivity contribution in [2.45, 2.75) is 12.6 Å². The Morgan fingerprint density at radius 1 is 1.15 bits per heavy atom. The second-order valence-corrected chi connectivity index (χ2v) is 6.18. The minimum absolute atomic E-state index is 0.190. The van der Waals surface area contributed by atoms with Crippen LogP contribution >= 0.6 is 0 Å². The first-order valence-corrected chi connectivity index (χ1v) is 8.37. The summed E-state index contributed by atoms with van der Waals surface area (Å²) in [5, 5.41) is 2.95. The molecule has 2 aromatic carbocycles. The van der Waals surface area contributed by atoms with Crippen molar-refractivity contribution in [2.24, 2.45) is 10.7 Å². The van der Waals surface area contributed by atoms with Crippen molar-refractivity contribution in [2.75, 3.05) is 18.5 Å². The first-order valence-electron chi connectivity index (χ1n) is 8.37. The predicted octanol–water partition coefficient (Wildman–Crippen LogP) is 2.62. The summed E-state index contributed by atoms with van der Waals surface area (Å²) in [6, 6.07) is 10.2. The fourth-order valence-electron chi connectivity index (χ4n) is 3.32. The first kappa shape index (κ1) is 15.0. The number of imidazole rings is 1. The standard InChI is InChI=1S/C18H16FN5O2/c19-11-5-2-1-4-10(11)16-22-17(20)23-18-21-12-8-14-15(9-13(12)24(16)18)26-7-3-6-25-14/h1-2,4-5,8-9,16H,3,6-7H2,(H3,20,21,22,23)/t16-/m1/s1. The fourth-order valence-corrected chi connectivity index (χ4v) is 3.32. The molecule has 2 aliphatic rings. The zero-order valence-electron chi connectivity index (χ0n) is 13.8. The molecular formula is C18H16FN5O2. The van der Waals surface area contributed by atoms with E-state index in [9.17, 15) is 4.39 Å². The molecule has 3 N–H and O–H groups in total. The van der Waals surface area contributed by atoms with E-state index in [1.165, 1.54) is 6.07 Å². The molecule has 132 valence electrons. The van der Waals surface area contributed by atoms with Crippen molar-refractivity contribution in [3.8, 4) is 11.5 Å². The van der Waals surface area contributed by atoms with Gasteiger partial charge in [-0.3, -0.25) is 9.88 Å². The summed E-state index contributed by atoms with van der Waals surface area (Å²) in [7, 11) is 0. The van der Waals surface area contributed by atoms with E-state index in [2.05, 4.69) is 15.3 Å². The van der Waals surface area contributed by atoms with Crippen molar-refractivity contribution >= 4 is 22.9 Å². The molecule has 0 radical (unpaired) electrons. The zero-order valence-corrected chi connectivity index (χ0v) is 13.8. The topological polar surface area (TPSA) is 86.7 Å². The number of aliphatic imine (C=N–C) groups is 1. The number of nitrogens with one attached hydrogen (secondary N) is 1. The third kappa shape index (κ3) is 2.26. The number of aromatic nitrogens is 2. The van der Waals surface area contributed by atoms with Crippen LogP contribution in [0.4, 0.5) is 10.3 Å². The van der Waals surface area contributed by atoms with E-state index in [0.29, 0.717) is 41.7 Å². The van der Waals surface area contributed by atoms with Gasteiger partial charge in [-0.25, -0.2) is 14.4 Å². The van der Waals surface area contributed by atoms with Crippen molar-refractivity contribution in [1.29, 1.82) is 0 Å². The summed E-state index contributed by atoms with van der Waals surface area (Å²) in [6.07, 6.45) is 0.167. The average Bonchev–Trinajstić information content (AvgIpc) is 2.81. The van der Waals surface area contributed by atoms with Gasteiger partial charge in [0.2, 0.25) is 5.95 Å². The second kappa shape index (κ2) is 5.62. The van der Waals surface area contributed by atoms with Gasteiger partial charge in [0.15, 0.2) is 23.6 Å². The quantitative estimate of drug-likeness (QED) is 0.702. The van der Waals surface area contributed by atoms with Crippen LogP contribution < -0.4 is 20.5 Å². The predicted molar refractivity (Wildman–Crippen MR) is 95.1 cm³/mol. The lowest BCUT2D eigenvalue weighted by Crippen LogP contribution is -2.31. The van der Waals surface area contributed by atoms with Crippen LogP contribution in [0.1, 0.15) is 18.2 Å². The minimum Gasteiger partial charge on any atom is -0.489 e. The number of hydrogen-bond donors (Lipinski definition) is 2. The number of nitrogens with two attached hydrogens (primary N) is 1. The maximum Gasteiger partial charge on any atom is 0.212 e. The van der Waals surface area contributed by atoms with Crippen LogP contribution in [0.25, 0.3) is 11.0 Å². The number of guanidine groups is 1. The van der Waals surface area contributed by atoms with Gasteiger partial charge in [-0.05, 0) is 6.07 Å². The number of ether oxygens (including phenoxy) is 2. The van der Waals surface area contributed by atoms with Crippen LogP contribution in [0.2, 0.25) is 0 Å². The summed E-state index contributed by atoms with van der Waals surface area (Å²) in [5.74, 6) is 1.64. The Morgan fingerprint density at radius 2 is 1.92 bits per heavy atom. The van der Waals surface area contributed by atoms with Gasteiger partial charge in [-0.1, -0.05) is 18.2 Å². The van der Waals surface area contributed by atoms with Crippen molar-refractivity contribution in [3.05, 3.63) is 47.8 Å². The Morgan fingerprint density at radius 3 is 2.73 bits per heavy atom. The Hall–Kier alpha value is -3.29. The van der Waals surface area contributed by atoms with Gasteiger partial charge in [0.25, 0.3) is 0 Å². The van der Waals surface area contributed by atoms with Gasteiger partial charge in [0, 0.05) is 24.1 Å². The lowest BCUT2D eigenvalue weighted by molar-refractivity contribution is 0.297. The van der Waals surface area contributed by atoms with E-state index in [-0.39, 0.29) is 11.8 Å². The van der Waals surface area contributed by atoms with Gasteiger partial charge >= 0.3 is 0 Å². The van der Waals surface area contributed by atoms with Crippen LogP contribution in [0.5, 0.6) is 11.5 Å². The third-order valence-electron chi connectivity index (χ3n) is 4.49. The Labute approximate surface area is 148 Å². The maximum atomic E-state index is 14.4.